The fraction of sp³-hybridized carbons (Fsp3) is 0.364. The van der Waals surface area contributed by atoms with Gasteiger partial charge in [0.1, 0.15) is 11.5 Å². The second-order valence-corrected chi connectivity index (χ2v) is 5.13. The Kier molecular flexibility index (Phi) is 7.27. The molecule has 0 aromatic heterocycles. The number of phenolic OH excluding ortho intramolecular Hbond substituents is 1. The van der Waals surface area contributed by atoms with Gasteiger partial charge in [0.05, 0.1) is 39.1 Å². The molecule has 2 aromatic carbocycles. The van der Waals surface area contributed by atoms with Gasteiger partial charge in [-0.05, 0) is 49.1 Å². The summed E-state index contributed by atoms with van der Waals surface area (Å²) in [6.45, 7) is -11.6. The Bertz CT molecular complexity index is 1020. The molecule has 0 amide bonds. The zero-order valence-corrected chi connectivity index (χ0v) is 16.0. The molecule has 0 saturated carbocycles. The molecule has 0 bridgehead atoms. The largest absolute Gasteiger partial charge is 0.508 e. The van der Waals surface area contributed by atoms with Gasteiger partial charge in [0.25, 0.3) is 0 Å². The minimum absolute atomic E-state index is 0.0785. The van der Waals surface area contributed by atoms with Crippen LogP contribution in [0, 0.1) is 0 Å². The fourth-order valence-corrected chi connectivity index (χ4v) is 1.83. The molecule has 2 rings (SSSR count). The minimum Gasteiger partial charge on any atom is -0.508 e. The normalized spacial score (nSPS) is 16.1. The topological polar surface area (TPSA) is 102 Å². The van der Waals surface area contributed by atoms with Crippen LogP contribution >= 0.6 is 0 Å². The van der Waals surface area contributed by atoms with Gasteiger partial charge in [-0.1, -0.05) is 24.3 Å². The van der Waals surface area contributed by atoms with Crippen LogP contribution in [0.1, 0.15) is 38.5 Å². The van der Waals surface area contributed by atoms with E-state index < -0.39 is 32.8 Å². The van der Waals surface area contributed by atoms with Gasteiger partial charge in [0.2, 0.25) is 0 Å². The van der Waals surface area contributed by atoms with Crippen molar-refractivity contribution in [3.63, 3.8) is 0 Å². The average molecular weight is 417 g/mol. The van der Waals surface area contributed by atoms with Crippen molar-refractivity contribution in [1.29, 1.82) is 0 Å². The van der Waals surface area contributed by atoms with Gasteiger partial charge < -0.3 is 24.4 Å². The van der Waals surface area contributed by atoms with E-state index in [2.05, 4.69) is 9.47 Å². The fourth-order valence-electron chi connectivity index (χ4n) is 1.83. The summed E-state index contributed by atoms with van der Waals surface area (Å²) < 4.78 is 80.8. The van der Waals surface area contributed by atoms with Gasteiger partial charge in [-0.25, -0.2) is 0 Å². The lowest BCUT2D eigenvalue weighted by Crippen LogP contribution is -2.04. The predicted molar refractivity (Wildman–Crippen MR) is 110 cm³/mol. The van der Waals surface area contributed by atoms with Crippen LogP contribution < -0.4 is 4.74 Å². The highest BCUT2D eigenvalue weighted by atomic mass is 16.5. The van der Waals surface area contributed by atoms with E-state index in [1.807, 2.05) is 0 Å². The van der Waals surface area contributed by atoms with E-state index in [4.69, 9.17) is 28.7 Å². The third-order valence-corrected chi connectivity index (χ3v) is 3.18. The van der Waals surface area contributed by atoms with Crippen LogP contribution in [0.15, 0.2) is 48.5 Å². The van der Waals surface area contributed by atoms with E-state index in [1.165, 1.54) is 38.5 Å². The number of phenols is 1. The van der Waals surface area contributed by atoms with Crippen LogP contribution in [-0.4, -0.2) is 49.5 Å². The second-order valence-electron chi connectivity index (χ2n) is 5.13. The monoisotopic (exact) mass is 416 g/mol. The molecule has 0 atom stereocenters. The Morgan fingerprint density at radius 1 is 0.897 bits per heavy atom. The first-order chi connectivity index (χ1) is 17.6. The first-order valence-corrected chi connectivity index (χ1v) is 8.05. The lowest BCUT2D eigenvalue weighted by molar-refractivity contribution is -0.140. The van der Waals surface area contributed by atoms with Gasteiger partial charge in [0.15, 0.2) is 0 Å². The number of methoxy groups -OCH3 is 2. The van der Waals surface area contributed by atoms with Crippen molar-refractivity contribution in [2.45, 2.75) is 26.5 Å². The number of carbonyl (C=O) groups is 2. The molecule has 0 aliphatic rings. The van der Waals surface area contributed by atoms with Crippen LogP contribution in [0.4, 0.5) is 0 Å². The van der Waals surface area contributed by atoms with Crippen molar-refractivity contribution in [2.75, 3.05) is 27.3 Å². The minimum atomic E-state index is -3.06. The smallest absolute Gasteiger partial charge is 0.309 e. The standard InChI is InChI=1S/C11H14O3.C9H10O3.C2H6O/c1-3-14-10-6-4-9(5-7-10)8-11(12)13-2;1-12-9(11)6-7-2-4-8(10)5-3-7;1-2-3/h4-7H,3,8H2,1-2H3;2-5,10H,6H2,1H3;3H,2H2,1H3/i1D3,3D2;;1D3,2D2. The Morgan fingerprint density at radius 3 is 1.72 bits per heavy atom. The maximum absolute atomic E-state index is 11.0. The molecule has 0 radical (unpaired) electrons. The summed E-state index contributed by atoms with van der Waals surface area (Å²) in [5, 5.41) is 17.1. The van der Waals surface area contributed by atoms with Gasteiger partial charge in [-0.15, -0.1) is 0 Å². The summed E-state index contributed by atoms with van der Waals surface area (Å²) in [5.41, 5.74) is 1.49. The number of carbonyl (C=O) groups excluding carboxylic acids is 2. The molecule has 0 aliphatic heterocycles. The van der Waals surface area contributed by atoms with Gasteiger partial charge in [-0.3, -0.25) is 9.59 Å². The highest BCUT2D eigenvalue weighted by Gasteiger charge is 2.02. The Morgan fingerprint density at radius 2 is 1.34 bits per heavy atom. The number of hydrogen-bond donors (Lipinski definition) is 2. The summed E-state index contributed by atoms with van der Waals surface area (Å²) in [7, 11) is 2.63. The van der Waals surface area contributed by atoms with Crippen molar-refractivity contribution in [3.05, 3.63) is 59.7 Å². The van der Waals surface area contributed by atoms with Crippen LogP contribution in [0.5, 0.6) is 11.5 Å². The molecule has 160 valence electrons. The van der Waals surface area contributed by atoms with E-state index in [-0.39, 0.29) is 30.3 Å². The highest BCUT2D eigenvalue weighted by molar-refractivity contribution is 5.72. The maximum Gasteiger partial charge on any atom is 0.309 e. The third kappa shape index (κ3) is 12.9. The Labute approximate surface area is 185 Å². The summed E-state index contributed by atoms with van der Waals surface area (Å²) >= 11 is 0. The number of benzene rings is 2. The summed E-state index contributed by atoms with van der Waals surface area (Å²) in [5.74, 6) is -0.398. The number of aliphatic hydroxyl groups is 1. The molecular weight excluding hydrogens is 376 g/mol. The molecule has 0 unspecified atom stereocenters. The molecule has 2 N–H and O–H groups in total. The van der Waals surface area contributed by atoms with E-state index in [0.717, 1.165) is 5.56 Å². The molecule has 2 aromatic rings. The molecule has 0 saturated heterocycles. The maximum atomic E-state index is 11.0. The van der Waals surface area contributed by atoms with Crippen LogP contribution in [0.25, 0.3) is 0 Å². The van der Waals surface area contributed by atoms with Gasteiger partial charge >= 0.3 is 11.9 Å². The van der Waals surface area contributed by atoms with Crippen molar-refractivity contribution in [3.8, 4) is 11.5 Å². The van der Waals surface area contributed by atoms with E-state index in [0.29, 0.717) is 5.56 Å². The van der Waals surface area contributed by atoms with Crippen LogP contribution in [0.3, 0.4) is 0 Å². The number of aromatic hydroxyl groups is 1. The van der Waals surface area contributed by atoms with Crippen molar-refractivity contribution in [1.82, 2.24) is 0 Å². The Hall–Kier alpha value is -3.06. The highest BCUT2D eigenvalue weighted by Crippen LogP contribution is 2.12. The number of hydrogen-bond acceptors (Lipinski definition) is 7. The van der Waals surface area contributed by atoms with Crippen LogP contribution in [0.2, 0.25) is 0 Å². The number of ether oxygens (including phenoxy) is 3. The van der Waals surface area contributed by atoms with Gasteiger partial charge in [0, 0.05) is 14.8 Å². The molecule has 7 nitrogen and oxygen atoms in total. The second kappa shape index (κ2) is 15.9. The quantitative estimate of drug-likeness (QED) is 0.698. The summed E-state index contributed by atoms with van der Waals surface area (Å²) in [4.78, 5) is 21.8. The third-order valence-electron chi connectivity index (χ3n) is 3.18. The molecule has 0 heterocycles. The van der Waals surface area contributed by atoms with E-state index >= 15 is 0 Å². The first-order valence-electron chi connectivity index (χ1n) is 13.0. The average Bonchev–Trinajstić information content (AvgIpc) is 2.80. The summed E-state index contributed by atoms with van der Waals surface area (Å²) in [6, 6.07) is 12.3. The lowest BCUT2D eigenvalue weighted by atomic mass is 10.1. The van der Waals surface area contributed by atoms with Crippen molar-refractivity contribution in [2.24, 2.45) is 0 Å². The van der Waals surface area contributed by atoms with Gasteiger partial charge in [-0.2, -0.15) is 0 Å². The summed E-state index contributed by atoms with van der Waals surface area (Å²) in [6.07, 6.45) is 0.333. The molecule has 7 heteroatoms. The lowest BCUT2D eigenvalue weighted by Gasteiger charge is -2.03. The molecule has 0 fully saturated rings. The van der Waals surface area contributed by atoms with E-state index in [1.54, 1.807) is 24.3 Å². The van der Waals surface area contributed by atoms with Crippen molar-refractivity contribution < 1.29 is 47.7 Å². The van der Waals surface area contributed by atoms with E-state index in [9.17, 15) is 9.59 Å². The Balaban J connectivity index is 0.000000616. The van der Waals surface area contributed by atoms with Crippen molar-refractivity contribution >= 4 is 11.9 Å². The number of esters is 2. The zero-order chi connectivity index (χ0) is 30.7. The SMILES string of the molecule is COC(=O)Cc1ccc(O)cc1.[2H]C([2H])([2H])C([2H])([2H])O.[2H]C([2H])([2H])C([2H])([2H])Oc1ccc(CC(=O)OC)cc1. The molecule has 29 heavy (non-hydrogen) atoms. The first kappa shape index (κ1) is 13.2. The zero-order valence-electron chi connectivity index (χ0n) is 26.0. The molecule has 0 spiro atoms. The molecule has 0 aliphatic carbocycles. The predicted octanol–water partition coefficient (Wildman–Crippen LogP) is 2.91. The number of rotatable bonds is 6. The van der Waals surface area contributed by atoms with Crippen LogP contribution in [-0.2, 0) is 31.9 Å². The molecular formula is C22H30O7.